The Hall–Kier alpha value is -0.290. The van der Waals surface area contributed by atoms with Crippen LogP contribution in [0.1, 0.15) is 26.2 Å². The van der Waals surface area contributed by atoms with Crippen molar-refractivity contribution in [1.82, 2.24) is 5.32 Å². The van der Waals surface area contributed by atoms with E-state index in [9.17, 15) is 8.42 Å². The molecule has 3 nitrogen and oxygen atoms in total. The molecule has 0 heterocycles. The average molecular weight is 324 g/mol. The lowest BCUT2D eigenvalue weighted by Crippen LogP contribution is -2.21. The van der Waals surface area contributed by atoms with Crippen molar-refractivity contribution in [2.75, 3.05) is 12.8 Å². The molecule has 1 aromatic carbocycles. The fraction of sp³-hybridized carbons (Fsp3) is 0.538. The van der Waals surface area contributed by atoms with E-state index < -0.39 is 9.84 Å². The Balaban J connectivity index is 2.58. The summed E-state index contributed by atoms with van der Waals surface area (Å²) in [6, 6.07) is 4.84. The highest BCUT2D eigenvalue weighted by molar-refractivity contribution is 7.91. The molecule has 108 valence electrons. The first-order chi connectivity index (χ1) is 8.86. The molecule has 0 aliphatic carbocycles. The standard InChI is InChI=1S/C13H19Cl2NO2S/c1-10(16-2)5-3-4-8-19(17,18)11-6-7-12(14)13(15)9-11/h6-7,9-10,16H,3-5,8H2,1-2H3. The van der Waals surface area contributed by atoms with E-state index >= 15 is 0 Å². The number of sulfone groups is 1. The van der Waals surface area contributed by atoms with E-state index in [1.54, 1.807) is 0 Å². The van der Waals surface area contributed by atoms with Crippen LogP contribution in [-0.4, -0.2) is 27.3 Å². The number of benzene rings is 1. The first-order valence-electron chi connectivity index (χ1n) is 6.22. The fourth-order valence-corrected chi connectivity index (χ4v) is 3.43. The van der Waals surface area contributed by atoms with Crippen LogP contribution in [0.2, 0.25) is 10.0 Å². The first kappa shape index (κ1) is 16.8. The van der Waals surface area contributed by atoms with Crippen molar-refractivity contribution in [3.63, 3.8) is 0 Å². The zero-order chi connectivity index (χ0) is 14.5. The van der Waals surface area contributed by atoms with E-state index in [1.165, 1.54) is 18.2 Å². The van der Waals surface area contributed by atoms with Gasteiger partial charge in [-0.25, -0.2) is 8.42 Å². The molecule has 0 spiro atoms. The highest BCUT2D eigenvalue weighted by Crippen LogP contribution is 2.25. The van der Waals surface area contributed by atoms with E-state index in [1.807, 2.05) is 7.05 Å². The largest absolute Gasteiger partial charge is 0.317 e. The molecule has 1 N–H and O–H groups in total. The van der Waals surface area contributed by atoms with Crippen LogP contribution in [0.25, 0.3) is 0 Å². The molecular formula is C13H19Cl2NO2S. The molecule has 1 unspecified atom stereocenters. The molecule has 0 saturated carbocycles. The minimum Gasteiger partial charge on any atom is -0.317 e. The Bertz CT molecular complexity index is 517. The maximum atomic E-state index is 12.1. The van der Waals surface area contributed by atoms with Crippen molar-refractivity contribution < 1.29 is 8.42 Å². The zero-order valence-corrected chi connectivity index (χ0v) is 13.4. The van der Waals surface area contributed by atoms with Crippen LogP contribution >= 0.6 is 23.2 Å². The van der Waals surface area contributed by atoms with Crippen LogP contribution in [0.4, 0.5) is 0 Å². The quantitative estimate of drug-likeness (QED) is 0.780. The van der Waals surface area contributed by atoms with Gasteiger partial charge in [-0.3, -0.25) is 0 Å². The van der Waals surface area contributed by atoms with E-state index in [-0.39, 0.29) is 15.7 Å². The van der Waals surface area contributed by atoms with Gasteiger partial charge in [0.25, 0.3) is 0 Å². The molecule has 19 heavy (non-hydrogen) atoms. The minimum atomic E-state index is -3.27. The van der Waals surface area contributed by atoms with Gasteiger partial charge in [-0.1, -0.05) is 29.6 Å². The molecular weight excluding hydrogens is 305 g/mol. The van der Waals surface area contributed by atoms with Crippen LogP contribution < -0.4 is 5.32 Å². The van der Waals surface area contributed by atoms with Gasteiger partial charge in [0.05, 0.1) is 20.7 Å². The summed E-state index contributed by atoms with van der Waals surface area (Å²) >= 11 is 11.6. The van der Waals surface area contributed by atoms with Crippen LogP contribution in [0.5, 0.6) is 0 Å². The average Bonchev–Trinajstić information content (AvgIpc) is 2.37. The summed E-state index contributed by atoms with van der Waals surface area (Å²) in [4.78, 5) is 0.239. The molecule has 1 rings (SSSR count). The summed E-state index contributed by atoms with van der Waals surface area (Å²) < 4.78 is 24.2. The molecule has 0 aromatic heterocycles. The Morgan fingerprint density at radius 1 is 1.21 bits per heavy atom. The second-order valence-electron chi connectivity index (χ2n) is 4.58. The molecule has 0 radical (unpaired) electrons. The fourth-order valence-electron chi connectivity index (χ4n) is 1.68. The van der Waals surface area contributed by atoms with Gasteiger partial charge in [0.2, 0.25) is 0 Å². The van der Waals surface area contributed by atoms with Crippen molar-refractivity contribution in [2.24, 2.45) is 0 Å². The van der Waals surface area contributed by atoms with Crippen molar-refractivity contribution in [3.05, 3.63) is 28.2 Å². The van der Waals surface area contributed by atoms with Gasteiger partial charge in [-0.2, -0.15) is 0 Å². The lowest BCUT2D eigenvalue weighted by molar-refractivity contribution is 0.533. The molecule has 1 aromatic rings. The van der Waals surface area contributed by atoms with Crippen molar-refractivity contribution >= 4 is 33.0 Å². The van der Waals surface area contributed by atoms with E-state index in [2.05, 4.69) is 12.2 Å². The molecule has 0 amide bonds. The number of halogens is 2. The van der Waals surface area contributed by atoms with Gasteiger partial charge in [0.15, 0.2) is 9.84 Å². The lowest BCUT2D eigenvalue weighted by Gasteiger charge is -2.09. The number of hydrogen-bond acceptors (Lipinski definition) is 3. The van der Waals surface area contributed by atoms with Gasteiger partial charge < -0.3 is 5.32 Å². The van der Waals surface area contributed by atoms with Gasteiger partial charge >= 0.3 is 0 Å². The molecule has 0 aliphatic rings. The first-order valence-corrected chi connectivity index (χ1v) is 8.62. The number of unbranched alkanes of at least 4 members (excludes halogenated alkanes) is 1. The van der Waals surface area contributed by atoms with Crippen LogP contribution in [0, 0.1) is 0 Å². The summed E-state index contributed by atoms with van der Waals surface area (Å²) in [5, 5.41) is 3.76. The van der Waals surface area contributed by atoms with Gasteiger partial charge in [-0.15, -0.1) is 0 Å². The van der Waals surface area contributed by atoms with E-state index in [4.69, 9.17) is 23.2 Å². The predicted molar refractivity (Wildman–Crippen MR) is 80.9 cm³/mol. The Kier molecular flexibility index (Phi) is 6.60. The summed E-state index contributed by atoms with van der Waals surface area (Å²) in [7, 11) is -1.37. The molecule has 0 bridgehead atoms. The minimum absolute atomic E-state index is 0.140. The highest BCUT2D eigenvalue weighted by Gasteiger charge is 2.15. The summed E-state index contributed by atoms with van der Waals surface area (Å²) in [6.45, 7) is 2.08. The number of hydrogen-bond donors (Lipinski definition) is 1. The van der Waals surface area contributed by atoms with Crippen LogP contribution in [0.3, 0.4) is 0 Å². The topological polar surface area (TPSA) is 46.2 Å². The number of rotatable bonds is 7. The Morgan fingerprint density at radius 3 is 2.47 bits per heavy atom. The molecule has 0 aliphatic heterocycles. The smallest absolute Gasteiger partial charge is 0.178 e. The maximum absolute atomic E-state index is 12.1. The SMILES string of the molecule is CNC(C)CCCCS(=O)(=O)c1ccc(Cl)c(Cl)c1. The second kappa shape index (κ2) is 7.48. The lowest BCUT2D eigenvalue weighted by atomic mass is 10.1. The van der Waals surface area contributed by atoms with Crippen LogP contribution in [0.15, 0.2) is 23.1 Å². The zero-order valence-electron chi connectivity index (χ0n) is 11.1. The third-order valence-corrected chi connectivity index (χ3v) is 5.58. The van der Waals surface area contributed by atoms with Crippen LogP contribution in [-0.2, 0) is 9.84 Å². The highest BCUT2D eigenvalue weighted by atomic mass is 35.5. The molecule has 0 fully saturated rings. The van der Waals surface area contributed by atoms with Gasteiger partial charge in [0, 0.05) is 6.04 Å². The molecule has 6 heteroatoms. The summed E-state index contributed by atoms with van der Waals surface area (Å²) in [5.74, 6) is 0.140. The maximum Gasteiger partial charge on any atom is 0.178 e. The normalized spacial score (nSPS) is 13.5. The van der Waals surface area contributed by atoms with Crippen molar-refractivity contribution in [3.8, 4) is 0 Å². The predicted octanol–water partition coefficient (Wildman–Crippen LogP) is 3.55. The molecule has 1 atom stereocenters. The van der Waals surface area contributed by atoms with E-state index in [0.29, 0.717) is 17.5 Å². The summed E-state index contributed by atoms with van der Waals surface area (Å²) in [5.41, 5.74) is 0. The second-order valence-corrected chi connectivity index (χ2v) is 7.50. The number of nitrogens with one attached hydrogen (secondary N) is 1. The summed E-state index contributed by atoms with van der Waals surface area (Å²) in [6.07, 6.45) is 2.49. The third kappa shape index (κ3) is 5.30. The monoisotopic (exact) mass is 323 g/mol. The molecule has 0 saturated heterocycles. The van der Waals surface area contributed by atoms with Gasteiger partial charge in [0.1, 0.15) is 0 Å². The van der Waals surface area contributed by atoms with Crippen molar-refractivity contribution in [2.45, 2.75) is 37.1 Å². The Labute approximate surface area is 125 Å². The Morgan fingerprint density at radius 2 is 1.89 bits per heavy atom. The van der Waals surface area contributed by atoms with Gasteiger partial charge in [-0.05, 0) is 45.0 Å². The van der Waals surface area contributed by atoms with E-state index in [0.717, 1.165) is 12.8 Å². The van der Waals surface area contributed by atoms with Crippen molar-refractivity contribution in [1.29, 1.82) is 0 Å². The third-order valence-electron chi connectivity index (χ3n) is 3.04.